The molecule has 0 unspecified atom stereocenters. The van der Waals surface area contributed by atoms with Crippen molar-refractivity contribution in [2.45, 2.75) is 45.7 Å². The monoisotopic (exact) mass is 516 g/mol. The average Bonchev–Trinajstić information content (AvgIpc) is 3.36. The molecule has 4 rings (SSSR count). The normalized spacial score (nSPS) is 11.0. The van der Waals surface area contributed by atoms with E-state index in [1.807, 2.05) is 41.3 Å². The van der Waals surface area contributed by atoms with E-state index in [0.717, 1.165) is 22.7 Å². The first-order valence-corrected chi connectivity index (χ1v) is 13.4. The third-order valence-corrected chi connectivity index (χ3v) is 7.04. The van der Waals surface area contributed by atoms with Gasteiger partial charge in [-0.1, -0.05) is 72.8 Å². The van der Waals surface area contributed by atoms with Crippen molar-refractivity contribution in [1.82, 2.24) is 14.3 Å². The summed E-state index contributed by atoms with van der Waals surface area (Å²) in [5, 5.41) is 0.804. The smallest absolute Gasteiger partial charge is 0.224 e. The maximum Gasteiger partial charge on any atom is 0.224 e. The standard InChI is InChI=1S/C30H33FN4OS/c1-23(2)35(30-32-28(33-37-30)21-25-13-15-27(31)16-14-25)20-18-29(36)34(22-26-11-7-4-8-12-26)19-17-24-9-5-3-6-10-24/h3-16,23H,17-22H2,1-2H3. The Bertz CT molecular complexity index is 1250. The van der Waals surface area contributed by atoms with Crippen molar-refractivity contribution in [3.8, 4) is 0 Å². The minimum absolute atomic E-state index is 0.126. The number of carbonyl (C=O) groups excluding carboxylic acids is 1. The molecule has 0 atom stereocenters. The number of aromatic nitrogens is 2. The Balaban J connectivity index is 1.40. The van der Waals surface area contributed by atoms with Crippen LogP contribution in [-0.2, 0) is 24.2 Å². The molecule has 1 aromatic heterocycles. The summed E-state index contributed by atoms with van der Waals surface area (Å²) in [5.74, 6) is 0.579. The number of anilines is 1. The van der Waals surface area contributed by atoms with Crippen LogP contribution < -0.4 is 4.90 Å². The van der Waals surface area contributed by atoms with Gasteiger partial charge in [-0.3, -0.25) is 4.79 Å². The average molecular weight is 517 g/mol. The Morgan fingerprint density at radius 2 is 1.51 bits per heavy atom. The molecule has 192 valence electrons. The van der Waals surface area contributed by atoms with Crippen LogP contribution >= 0.6 is 11.5 Å². The lowest BCUT2D eigenvalue weighted by Crippen LogP contribution is -2.38. The number of hydrogen-bond donors (Lipinski definition) is 0. The van der Waals surface area contributed by atoms with Gasteiger partial charge in [0.15, 0.2) is 0 Å². The maximum atomic E-state index is 13.4. The van der Waals surface area contributed by atoms with Crippen LogP contribution in [-0.4, -0.2) is 39.3 Å². The minimum Gasteiger partial charge on any atom is -0.344 e. The van der Waals surface area contributed by atoms with E-state index in [9.17, 15) is 9.18 Å². The van der Waals surface area contributed by atoms with Crippen LogP contribution in [0.5, 0.6) is 0 Å². The van der Waals surface area contributed by atoms with E-state index in [4.69, 9.17) is 4.98 Å². The van der Waals surface area contributed by atoms with Crippen molar-refractivity contribution in [1.29, 1.82) is 0 Å². The molecule has 0 aliphatic carbocycles. The molecule has 5 nitrogen and oxygen atoms in total. The van der Waals surface area contributed by atoms with E-state index in [1.54, 1.807) is 12.1 Å². The fraction of sp³-hybridized carbons (Fsp3) is 0.300. The summed E-state index contributed by atoms with van der Waals surface area (Å²) in [6.45, 7) is 6.03. The summed E-state index contributed by atoms with van der Waals surface area (Å²) in [7, 11) is 0. The highest BCUT2D eigenvalue weighted by Gasteiger charge is 2.20. The Morgan fingerprint density at radius 1 is 0.865 bits per heavy atom. The zero-order valence-corrected chi connectivity index (χ0v) is 22.2. The molecule has 0 aliphatic heterocycles. The summed E-state index contributed by atoms with van der Waals surface area (Å²) >= 11 is 1.34. The van der Waals surface area contributed by atoms with Gasteiger partial charge in [0.2, 0.25) is 11.0 Å². The third kappa shape index (κ3) is 7.95. The molecule has 0 spiro atoms. The van der Waals surface area contributed by atoms with Gasteiger partial charge in [0, 0.05) is 50.1 Å². The fourth-order valence-corrected chi connectivity index (χ4v) is 5.02. The molecule has 1 amide bonds. The van der Waals surface area contributed by atoms with Crippen molar-refractivity contribution in [3.63, 3.8) is 0 Å². The second-order valence-corrected chi connectivity index (χ2v) is 10.1. The highest BCUT2D eigenvalue weighted by molar-refractivity contribution is 7.09. The molecule has 0 bridgehead atoms. The Labute approximate surface area is 222 Å². The first-order chi connectivity index (χ1) is 18.0. The summed E-state index contributed by atoms with van der Waals surface area (Å²) in [5.41, 5.74) is 3.31. The van der Waals surface area contributed by atoms with Gasteiger partial charge in [0.1, 0.15) is 11.6 Å². The van der Waals surface area contributed by atoms with Gasteiger partial charge in [-0.25, -0.2) is 9.37 Å². The van der Waals surface area contributed by atoms with Crippen molar-refractivity contribution < 1.29 is 9.18 Å². The van der Waals surface area contributed by atoms with Crippen LogP contribution in [0.3, 0.4) is 0 Å². The number of nitrogens with zero attached hydrogens (tertiary/aromatic N) is 4. The number of halogens is 1. The summed E-state index contributed by atoms with van der Waals surface area (Å²) in [6.07, 6.45) is 1.76. The molecule has 0 saturated carbocycles. The Kier molecular flexibility index (Phi) is 9.38. The zero-order valence-electron chi connectivity index (χ0n) is 21.4. The van der Waals surface area contributed by atoms with E-state index in [1.165, 1.54) is 29.2 Å². The first kappa shape index (κ1) is 26.5. The summed E-state index contributed by atoms with van der Waals surface area (Å²) in [4.78, 5) is 22.3. The molecular formula is C30H33FN4OS. The number of carbonyl (C=O) groups is 1. The second kappa shape index (κ2) is 13.1. The molecule has 7 heteroatoms. The highest BCUT2D eigenvalue weighted by Crippen LogP contribution is 2.22. The Hall–Kier alpha value is -3.58. The third-order valence-electron chi connectivity index (χ3n) is 6.25. The molecule has 0 fully saturated rings. The summed E-state index contributed by atoms with van der Waals surface area (Å²) < 4.78 is 17.7. The largest absolute Gasteiger partial charge is 0.344 e. The maximum absolute atomic E-state index is 13.4. The lowest BCUT2D eigenvalue weighted by molar-refractivity contribution is -0.131. The molecule has 0 saturated heterocycles. The van der Waals surface area contributed by atoms with E-state index in [0.29, 0.717) is 38.3 Å². The predicted octanol–water partition coefficient (Wildman–Crippen LogP) is 6.14. The van der Waals surface area contributed by atoms with E-state index >= 15 is 0 Å². The lowest BCUT2D eigenvalue weighted by atomic mass is 10.1. The zero-order chi connectivity index (χ0) is 26.0. The van der Waals surface area contributed by atoms with Crippen molar-refractivity contribution in [2.24, 2.45) is 0 Å². The van der Waals surface area contributed by atoms with Crippen LogP contribution in [0.15, 0.2) is 84.9 Å². The number of rotatable bonds is 12. The molecule has 4 aromatic rings. The molecule has 37 heavy (non-hydrogen) atoms. The first-order valence-electron chi connectivity index (χ1n) is 12.7. The van der Waals surface area contributed by atoms with E-state index < -0.39 is 0 Å². The Morgan fingerprint density at radius 3 is 2.16 bits per heavy atom. The van der Waals surface area contributed by atoms with Crippen LogP contribution in [0.2, 0.25) is 0 Å². The van der Waals surface area contributed by atoms with Crippen molar-refractivity contribution in [2.75, 3.05) is 18.0 Å². The minimum atomic E-state index is -0.253. The van der Waals surface area contributed by atoms with Gasteiger partial charge in [0.05, 0.1) is 0 Å². The van der Waals surface area contributed by atoms with Crippen LogP contribution in [0.25, 0.3) is 0 Å². The molecule has 0 aliphatic rings. The topological polar surface area (TPSA) is 49.3 Å². The predicted molar refractivity (Wildman–Crippen MR) is 148 cm³/mol. The molecule has 0 radical (unpaired) electrons. The van der Waals surface area contributed by atoms with Crippen molar-refractivity contribution >= 4 is 22.6 Å². The number of amides is 1. The number of hydrogen-bond acceptors (Lipinski definition) is 5. The number of benzene rings is 3. The molecular weight excluding hydrogens is 483 g/mol. The van der Waals surface area contributed by atoms with Crippen molar-refractivity contribution in [3.05, 3.63) is 113 Å². The van der Waals surface area contributed by atoms with Crippen LogP contribution in [0.1, 0.15) is 42.8 Å². The van der Waals surface area contributed by atoms with Crippen LogP contribution in [0.4, 0.5) is 9.52 Å². The molecule has 3 aromatic carbocycles. The highest BCUT2D eigenvalue weighted by atomic mass is 32.1. The van der Waals surface area contributed by atoms with Gasteiger partial charge in [-0.2, -0.15) is 4.37 Å². The SMILES string of the molecule is CC(C)N(CCC(=O)N(CCc1ccccc1)Cc1ccccc1)c1nc(Cc2ccc(F)cc2)ns1. The van der Waals surface area contributed by atoms with E-state index in [-0.39, 0.29) is 17.8 Å². The second-order valence-electron chi connectivity index (χ2n) is 9.37. The summed E-state index contributed by atoms with van der Waals surface area (Å²) in [6, 6.07) is 27.0. The van der Waals surface area contributed by atoms with Gasteiger partial charge in [-0.15, -0.1) is 0 Å². The molecule has 0 N–H and O–H groups in total. The van der Waals surface area contributed by atoms with Gasteiger partial charge < -0.3 is 9.80 Å². The van der Waals surface area contributed by atoms with Crippen LogP contribution in [0, 0.1) is 5.82 Å². The fourth-order valence-electron chi connectivity index (χ4n) is 4.17. The van der Waals surface area contributed by atoms with Gasteiger partial charge in [-0.05, 0) is 49.1 Å². The van der Waals surface area contributed by atoms with Gasteiger partial charge in [0.25, 0.3) is 0 Å². The molecule has 1 heterocycles. The van der Waals surface area contributed by atoms with E-state index in [2.05, 4.69) is 47.4 Å². The van der Waals surface area contributed by atoms with Gasteiger partial charge >= 0.3 is 0 Å². The quantitative estimate of drug-likeness (QED) is 0.227. The lowest BCUT2D eigenvalue weighted by Gasteiger charge is -2.28.